The van der Waals surface area contributed by atoms with Gasteiger partial charge in [-0.05, 0) is 44.2 Å². The molecule has 0 radical (unpaired) electrons. The molecule has 2 N–H and O–H groups in total. The van der Waals surface area contributed by atoms with E-state index in [0.717, 1.165) is 19.3 Å². The minimum atomic E-state index is -0.827. The Bertz CT molecular complexity index is 588. The maximum absolute atomic E-state index is 12.4. The number of carbonyl (C=O) groups is 3. The fraction of sp³-hybridized carbons (Fsp3) is 0.526. The average molecular weight is 346 g/mol. The predicted octanol–water partition coefficient (Wildman–Crippen LogP) is 2.44. The summed E-state index contributed by atoms with van der Waals surface area (Å²) in [6.45, 7) is 1.16. The summed E-state index contributed by atoms with van der Waals surface area (Å²) >= 11 is 0. The molecular weight excluding hydrogens is 320 g/mol. The van der Waals surface area contributed by atoms with Gasteiger partial charge in [-0.2, -0.15) is 0 Å². The van der Waals surface area contributed by atoms with Gasteiger partial charge in [-0.15, -0.1) is 0 Å². The second kappa shape index (κ2) is 9.81. The molecule has 0 saturated carbocycles. The van der Waals surface area contributed by atoms with Crippen molar-refractivity contribution in [1.29, 1.82) is 0 Å². The van der Waals surface area contributed by atoms with Gasteiger partial charge in [0.25, 0.3) is 5.91 Å². The zero-order valence-electron chi connectivity index (χ0n) is 14.4. The highest BCUT2D eigenvalue weighted by molar-refractivity contribution is 5.94. The molecule has 0 bridgehead atoms. The molecule has 2 rings (SSSR count). The van der Waals surface area contributed by atoms with E-state index < -0.39 is 5.97 Å². The number of carbonyl (C=O) groups excluding carboxylic acids is 2. The summed E-state index contributed by atoms with van der Waals surface area (Å²) in [6, 6.07) is 9.06. The van der Waals surface area contributed by atoms with Crippen LogP contribution < -0.4 is 5.32 Å². The van der Waals surface area contributed by atoms with Gasteiger partial charge >= 0.3 is 5.97 Å². The molecule has 136 valence electrons. The first-order chi connectivity index (χ1) is 12.1. The van der Waals surface area contributed by atoms with Crippen LogP contribution in [0.4, 0.5) is 0 Å². The molecule has 1 aliphatic heterocycles. The van der Waals surface area contributed by atoms with Gasteiger partial charge in [-0.3, -0.25) is 14.4 Å². The van der Waals surface area contributed by atoms with Crippen molar-refractivity contribution in [1.82, 2.24) is 10.2 Å². The van der Waals surface area contributed by atoms with Crippen molar-refractivity contribution >= 4 is 17.8 Å². The summed E-state index contributed by atoms with van der Waals surface area (Å²) in [5.41, 5.74) is 0.616. The van der Waals surface area contributed by atoms with Crippen LogP contribution in [0.2, 0.25) is 0 Å². The Kier molecular flexibility index (Phi) is 7.44. The van der Waals surface area contributed by atoms with E-state index in [1.54, 1.807) is 12.1 Å². The van der Waals surface area contributed by atoms with Gasteiger partial charge in [0.1, 0.15) is 0 Å². The SMILES string of the molecule is O=C(O)CCCCC(=O)N1CCCCC1CNC(=O)c1ccccc1. The molecule has 1 aliphatic rings. The number of rotatable bonds is 8. The van der Waals surface area contributed by atoms with Gasteiger partial charge in [0.15, 0.2) is 0 Å². The molecule has 6 nitrogen and oxygen atoms in total. The van der Waals surface area contributed by atoms with Crippen molar-refractivity contribution in [2.24, 2.45) is 0 Å². The molecule has 25 heavy (non-hydrogen) atoms. The number of likely N-dealkylation sites (tertiary alicyclic amines) is 1. The Morgan fingerprint density at radius 2 is 1.80 bits per heavy atom. The molecule has 1 aromatic carbocycles. The van der Waals surface area contributed by atoms with E-state index >= 15 is 0 Å². The molecule has 2 amide bonds. The van der Waals surface area contributed by atoms with E-state index in [1.807, 2.05) is 23.1 Å². The van der Waals surface area contributed by atoms with Crippen LogP contribution in [0, 0.1) is 0 Å². The second-order valence-electron chi connectivity index (χ2n) is 6.41. The lowest BCUT2D eigenvalue weighted by Crippen LogP contribution is -2.49. The summed E-state index contributed by atoms with van der Waals surface area (Å²) in [5.74, 6) is -0.893. The van der Waals surface area contributed by atoms with Gasteiger partial charge in [0.05, 0.1) is 0 Å². The molecule has 1 unspecified atom stereocenters. The predicted molar refractivity (Wildman–Crippen MR) is 94.2 cm³/mol. The van der Waals surface area contributed by atoms with E-state index in [4.69, 9.17) is 5.11 Å². The summed E-state index contributed by atoms with van der Waals surface area (Å²) in [5, 5.41) is 11.6. The number of benzene rings is 1. The molecule has 1 aromatic rings. The first-order valence-corrected chi connectivity index (χ1v) is 8.92. The highest BCUT2D eigenvalue weighted by atomic mass is 16.4. The number of nitrogens with one attached hydrogen (secondary N) is 1. The fourth-order valence-corrected chi connectivity index (χ4v) is 3.14. The maximum Gasteiger partial charge on any atom is 0.303 e. The summed E-state index contributed by atoms with van der Waals surface area (Å²) in [7, 11) is 0. The van der Waals surface area contributed by atoms with Crippen molar-refractivity contribution in [3.8, 4) is 0 Å². The Balaban J connectivity index is 1.82. The second-order valence-corrected chi connectivity index (χ2v) is 6.41. The van der Waals surface area contributed by atoms with Crippen molar-refractivity contribution in [2.75, 3.05) is 13.1 Å². The monoisotopic (exact) mass is 346 g/mol. The van der Waals surface area contributed by atoms with Crippen molar-refractivity contribution < 1.29 is 19.5 Å². The van der Waals surface area contributed by atoms with Crippen LogP contribution in [0.3, 0.4) is 0 Å². The number of hydrogen-bond acceptors (Lipinski definition) is 3. The van der Waals surface area contributed by atoms with Crippen molar-refractivity contribution in [3.05, 3.63) is 35.9 Å². The largest absolute Gasteiger partial charge is 0.481 e. The summed E-state index contributed by atoms with van der Waals surface area (Å²) in [4.78, 5) is 37.0. The summed E-state index contributed by atoms with van der Waals surface area (Å²) < 4.78 is 0. The number of hydrogen-bond donors (Lipinski definition) is 2. The molecule has 1 saturated heterocycles. The first kappa shape index (κ1) is 19.0. The van der Waals surface area contributed by atoms with Crippen LogP contribution >= 0.6 is 0 Å². The number of amides is 2. The number of piperidine rings is 1. The van der Waals surface area contributed by atoms with Gasteiger partial charge < -0.3 is 15.3 Å². The maximum atomic E-state index is 12.4. The molecule has 0 spiro atoms. The first-order valence-electron chi connectivity index (χ1n) is 8.92. The van der Waals surface area contributed by atoms with Crippen LogP contribution in [0.1, 0.15) is 55.3 Å². The summed E-state index contributed by atoms with van der Waals surface area (Å²) in [6.07, 6.45) is 4.49. The molecular formula is C19H26N2O4. The van der Waals surface area contributed by atoms with E-state index in [0.29, 0.717) is 37.9 Å². The standard InChI is InChI=1S/C19H26N2O4/c22-17(11-4-5-12-18(23)24)21-13-7-6-10-16(21)14-20-19(25)15-8-2-1-3-9-15/h1-3,8-9,16H,4-7,10-14H2,(H,20,25)(H,23,24). The number of aliphatic carboxylic acids is 1. The Morgan fingerprint density at radius 3 is 2.52 bits per heavy atom. The fourth-order valence-electron chi connectivity index (χ4n) is 3.14. The number of nitrogens with zero attached hydrogens (tertiary/aromatic N) is 1. The third-order valence-electron chi connectivity index (χ3n) is 4.51. The van der Waals surface area contributed by atoms with E-state index in [9.17, 15) is 14.4 Å². The molecule has 0 aliphatic carbocycles. The zero-order chi connectivity index (χ0) is 18.1. The highest BCUT2D eigenvalue weighted by Gasteiger charge is 2.26. The van der Waals surface area contributed by atoms with Crippen LogP contribution in [-0.4, -0.2) is 46.9 Å². The lowest BCUT2D eigenvalue weighted by atomic mass is 10.0. The van der Waals surface area contributed by atoms with Gasteiger partial charge in [-0.1, -0.05) is 18.2 Å². The van der Waals surface area contributed by atoms with E-state index in [2.05, 4.69) is 5.32 Å². The van der Waals surface area contributed by atoms with E-state index in [1.165, 1.54) is 0 Å². The Labute approximate surface area is 148 Å². The topological polar surface area (TPSA) is 86.7 Å². The molecule has 1 atom stereocenters. The van der Waals surface area contributed by atoms with Gasteiger partial charge in [0, 0.05) is 37.5 Å². The number of carboxylic acid groups (broad SMARTS) is 1. The normalized spacial score (nSPS) is 17.1. The minimum Gasteiger partial charge on any atom is -0.481 e. The molecule has 0 aromatic heterocycles. The van der Waals surface area contributed by atoms with Crippen LogP contribution in [0.25, 0.3) is 0 Å². The Morgan fingerprint density at radius 1 is 1.08 bits per heavy atom. The smallest absolute Gasteiger partial charge is 0.303 e. The zero-order valence-corrected chi connectivity index (χ0v) is 14.4. The van der Waals surface area contributed by atoms with Crippen LogP contribution in [0.5, 0.6) is 0 Å². The highest BCUT2D eigenvalue weighted by Crippen LogP contribution is 2.18. The van der Waals surface area contributed by atoms with Crippen molar-refractivity contribution in [3.63, 3.8) is 0 Å². The van der Waals surface area contributed by atoms with Gasteiger partial charge in [-0.25, -0.2) is 0 Å². The van der Waals surface area contributed by atoms with E-state index in [-0.39, 0.29) is 24.3 Å². The lowest BCUT2D eigenvalue weighted by molar-refractivity contribution is -0.138. The average Bonchev–Trinajstić information content (AvgIpc) is 2.64. The quantitative estimate of drug-likeness (QED) is 0.708. The molecule has 1 fully saturated rings. The Hall–Kier alpha value is -2.37. The third-order valence-corrected chi connectivity index (χ3v) is 4.51. The minimum absolute atomic E-state index is 0.0217. The van der Waals surface area contributed by atoms with Crippen LogP contribution in [-0.2, 0) is 9.59 Å². The van der Waals surface area contributed by atoms with Gasteiger partial charge in [0.2, 0.25) is 5.91 Å². The van der Waals surface area contributed by atoms with Crippen molar-refractivity contribution in [2.45, 2.75) is 51.0 Å². The molecule has 6 heteroatoms. The lowest BCUT2D eigenvalue weighted by Gasteiger charge is -2.36. The number of carboxylic acids is 1. The van der Waals surface area contributed by atoms with Crippen LogP contribution in [0.15, 0.2) is 30.3 Å². The molecule has 1 heterocycles. The third kappa shape index (κ3) is 6.21. The number of unbranched alkanes of at least 4 members (excludes halogenated alkanes) is 1.